The Bertz CT molecular complexity index is 1620. The predicted octanol–water partition coefficient (Wildman–Crippen LogP) is 4.69. The first-order valence-electron chi connectivity index (χ1n) is 12.6. The second-order valence-electron chi connectivity index (χ2n) is 9.50. The zero-order chi connectivity index (χ0) is 30.4. The molecule has 0 fully saturated rings. The Labute approximate surface area is 249 Å². The maximum absolute atomic E-state index is 12.9. The minimum atomic E-state index is -4.15. The minimum absolute atomic E-state index is 0.0106. The van der Waals surface area contributed by atoms with E-state index in [1.165, 1.54) is 42.6 Å². The Morgan fingerprint density at radius 2 is 1.51 bits per heavy atom. The van der Waals surface area contributed by atoms with E-state index in [9.17, 15) is 21.6 Å². The molecule has 3 aromatic rings. The number of hydrazone groups is 1. The molecule has 41 heavy (non-hydrogen) atoms. The highest BCUT2D eigenvalue weighted by Gasteiger charge is 2.28. The van der Waals surface area contributed by atoms with Crippen molar-refractivity contribution in [3.8, 4) is 11.5 Å². The van der Waals surface area contributed by atoms with Crippen LogP contribution in [-0.2, 0) is 24.9 Å². The molecule has 0 aliphatic rings. The quantitative estimate of drug-likeness (QED) is 0.163. The van der Waals surface area contributed by atoms with Gasteiger partial charge in [0.25, 0.3) is 5.91 Å². The van der Waals surface area contributed by atoms with Gasteiger partial charge in [0, 0.05) is 0 Å². The van der Waals surface area contributed by atoms with Gasteiger partial charge in [-0.05, 0) is 84.6 Å². The van der Waals surface area contributed by atoms with Gasteiger partial charge in [0.05, 0.1) is 22.2 Å². The highest BCUT2D eigenvalue weighted by atomic mass is 79.9. The van der Waals surface area contributed by atoms with Crippen LogP contribution in [0.25, 0.3) is 0 Å². The standard InChI is InChI=1S/C28H32BrN3O7S2/c1-6-38-25-16-21(15-24(29)27(25)39-41(36,37)23-13-9-20(5)10-14-23)17-30-31-28(33)26(18(2)3)32-40(34,35)22-11-7-19(4)8-12-22/h7-18,26,32H,6H2,1-5H3,(H,31,33)/b30-17-/t26-/m0/s1. The molecule has 0 saturated heterocycles. The van der Waals surface area contributed by atoms with Crippen molar-refractivity contribution in [3.05, 3.63) is 81.8 Å². The topological polar surface area (TPSA) is 140 Å². The number of ether oxygens (including phenoxy) is 1. The molecule has 2 N–H and O–H groups in total. The van der Waals surface area contributed by atoms with Gasteiger partial charge in [0.2, 0.25) is 10.0 Å². The van der Waals surface area contributed by atoms with Gasteiger partial charge in [0.1, 0.15) is 10.9 Å². The summed E-state index contributed by atoms with van der Waals surface area (Å²) in [6.07, 6.45) is 1.31. The first-order chi connectivity index (χ1) is 19.2. The van der Waals surface area contributed by atoms with Crippen LogP contribution in [0.2, 0.25) is 0 Å². The number of nitrogens with zero attached hydrogens (tertiary/aromatic N) is 1. The fraction of sp³-hybridized carbons (Fsp3) is 0.286. The van der Waals surface area contributed by atoms with Crippen molar-refractivity contribution in [2.75, 3.05) is 6.61 Å². The number of carbonyl (C=O) groups is 1. The van der Waals surface area contributed by atoms with E-state index in [2.05, 4.69) is 31.2 Å². The Hall–Kier alpha value is -3.26. The molecular formula is C28H32BrN3O7S2. The first kappa shape index (κ1) is 32.3. The number of hydrogen-bond acceptors (Lipinski definition) is 8. The SMILES string of the molecule is CCOc1cc(/C=N\NC(=O)[C@@H](NS(=O)(=O)c2ccc(C)cc2)C(C)C)cc(Br)c1OS(=O)(=O)c1ccc(C)cc1. The van der Waals surface area contributed by atoms with Gasteiger partial charge >= 0.3 is 10.1 Å². The van der Waals surface area contributed by atoms with Crippen LogP contribution in [0.15, 0.2) is 80.0 Å². The molecule has 0 radical (unpaired) electrons. The van der Waals surface area contributed by atoms with Crippen LogP contribution >= 0.6 is 15.9 Å². The molecule has 1 amide bonds. The lowest BCUT2D eigenvalue weighted by atomic mass is 10.1. The summed E-state index contributed by atoms with van der Waals surface area (Å²) in [5.41, 5.74) is 4.62. The zero-order valence-corrected chi connectivity index (χ0v) is 26.4. The molecule has 1 atom stereocenters. The van der Waals surface area contributed by atoms with Crippen LogP contribution in [0.3, 0.4) is 0 Å². The summed E-state index contributed by atoms with van der Waals surface area (Å²) >= 11 is 3.33. The number of rotatable bonds is 12. The Morgan fingerprint density at radius 3 is 2.05 bits per heavy atom. The molecular weight excluding hydrogens is 634 g/mol. The number of sulfonamides is 1. The zero-order valence-electron chi connectivity index (χ0n) is 23.2. The van der Waals surface area contributed by atoms with E-state index < -0.39 is 32.1 Å². The third-order valence-electron chi connectivity index (χ3n) is 5.79. The van der Waals surface area contributed by atoms with Crippen molar-refractivity contribution in [2.24, 2.45) is 11.0 Å². The molecule has 10 nitrogen and oxygen atoms in total. The van der Waals surface area contributed by atoms with Crippen LogP contribution in [0.5, 0.6) is 11.5 Å². The fourth-order valence-electron chi connectivity index (χ4n) is 3.55. The average Bonchev–Trinajstić information content (AvgIpc) is 2.90. The number of hydrogen-bond donors (Lipinski definition) is 2. The summed E-state index contributed by atoms with van der Waals surface area (Å²) in [6.45, 7) is 9.06. The lowest BCUT2D eigenvalue weighted by Crippen LogP contribution is -2.48. The second kappa shape index (κ2) is 13.6. The summed E-state index contributed by atoms with van der Waals surface area (Å²) in [4.78, 5) is 12.9. The number of aryl methyl sites for hydroxylation is 2. The van der Waals surface area contributed by atoms with Crippen LogP contribution in [-0.4, -0.2) is 41.6 Å². The van der Waals surface area contributed by atoms with Crippen LogP contribution in [0, 0.1) is 19.8 Å². The highest BCUT2D eigenvalue weighted by molar-refractivity contribution is 9.10. The molecule has 0 aliphatic heterocycles. The van der Waals surface area contributed by atoms with E-state index in [1.807, 2.05) is 13.8 Å². The van der Waals surface area contributed by atoms with Crippen molar-refractivity contribution < 1.29 is 30.6 Å². The lowest BCUT2D eigenvalue weighted by Gasteiger charge is -2.20. The monoisotopic (exact) mass is 665 g/mol. The number of carbonyl (C=O) groups excluding carboxylic acids is 1. The number of benzene rings is 3. The number of nitrogens with one attached hydrogen (secondary N) is 2. The normalized spacial score (nSPS) is 12.9. The molecule has 3 rings (SSSR count). The van der Waals surface area contributed by atoms with Crippen molar-refractivity contribution in [1.82, 2.24) is 10.1 Å². The van der Waals surface area contributed by atoms with Gasteiger partial charge in [0.15, 0.2) is 11.5 Å². The molecule has 3 aromatic carbocycles. The van der Waals surface area contributed by atoms with E-state index in [-0.39, 0.29) is 38.3 Å². The molecule has 0 aromatic heterocycles. The van der Waals surface area contributed by atoms with Gasteiger partial charge in [-0.25, -0.2) is 13.8 Å². The summed E-state index contributed by atoms with van der Waals surface area (Å²) in [5, 5.41) is 3.97. The van der Waals surface area contributed by atoms with Gasteiger partial charge in [-0.3, -0.25) is 4.79 Å². The summed E-state index contributed by atoms with van der Waals surface area (Å²) in [5.74, 6) is -0.938. The Kier molecular flexibility index (Phi) is 10.7. The fourth-order valence-corrected chi connectivity index (χ4v) is 6.50. The third kappa shape index (κ3) is 8.62. The van der Waals surface area contributed by atoms with Crippen molar-refractivity contribution in [2.45, 2.75) is 50.5 Å². The van der Waals surface area contributed by atoms with Gasteiger partial charge < -0.3 is 8.92 Å². The van der Waals surface area contributed by atoms with E-state index in [1.54, 1.807) is 45.0 Å². The van der Waals surface area contributed by atoms with Crippen LogP contribution in [0.1, 0.15) is 37.5 Å². The third-order valence-corrected chi connectivity index (χ3v) is 9.07. The predicted molar refractivity (Wildman–Crippen MR) is 160 cm³/mol. The molecule has 0 bridgehead atoms. The van der Waals surface area contributed by atoms with Gasteiger partial charge in [-0.15, -0.1) is 0 Å². The molecule has 0 aliphatic carbocycles. The smallest absolute Gasteiger partial charge is 0.339 e. The van der Waals surface area contributed by atoms with Gasteiger partial charge in [-0.2, -0.15) is 18.2 Å². The average molecular weight is 667 g/mol. The summed E-state index contributed by atoms with van der Waals surface area (Å²) in [7, 11) is -8.10. The van der Waals surface area contributed by atoms with E-state index in [0.717, 1.165) is 11.1 Å². The highest BCUT2D eigenvalue weighted by Crippen LogP contribution is 2.38. The molecule has 0 saturated carbocycles. The van der Waals surface area contributed by atoms with E-state index in [0.29, 0.717) is 5.56 Å². The maximum Gasteiger partial charge on any atom is 0.339 e. The van der Waals surface area contributed by atoms with Crippen molar-refractivity contribution in [1.29, 1.82) is 0 Å². The summed E-state index contributed by atoms with van der Waals surface area (Å²) in [6, 6.07) is 14.5. The van der Waals surface area contributed by atoms with Crippen LogP contribution < -0.4 is 19.1 Å². The summed E-state index contributed by atoms with van der Waals surface area (Å²) < 4.78 is 65.1. The van der Waals surface area contributed by atoms with E-state index >= 15 is 0 Å². The Morgan fingerprint density at radius 1 is 0.951 bits per heavy atom. The molecule has 0 spiro atoms. The molecule has 0 unspecified atom stereocenters. The second-order valence-corrected chi connectivity index (χ2v) is 13.6. The van der Waals surface area contributed by atoms with Gasteiger partial charge in [-0.1, -0.05) is 49.2 Å². The van der Waals surface area contributed by atoms with Crippen molar-refractivity contribution >= 4 is 48.2 Å². The molecule has 0 heterocycles. The van der Waals surface area contributed by atoms with E-state index in [4.69, 9.17) is 8.92 Å². The van der Waals surface area contributed by atoms with Crippen LogP contribution in [0.4, 0.5) is 0 Å². The first-order valence-corrected chi connectivity index (χ1v) is 16.3. The lowest BCUT2D eigenvalue weighted by molar-refractivity contribution is -0.123. The number of amides is 1. The minimum Gasteiger partial charge on any atom is -0.490 e. The molecule has 220 valence electrons. The maximum atomic E-state index is 12.9. The molecule has 13 heteroatoms. The van der Waals surface area contributed by atoms with Crippen molar-refractivity contribution in [3.63, 3.8) is 0 Å². The number of halogens is 1. The largest absolute Gasteiger partial charge is 0.490 e. The Balaban J connectivity index is 1.78.